The molecule has 82 valence electrons. The fraction of sp³-hybridized carbons (Fsp3) is 0.100. The van der Waals surface area contributed by atoms with Crippen molar-refractivity contribution < 1.29 is 0 Å². The highest BCUT2D eigenvalue weighted by Crippen LogP contribution is 2.05. The van der Waals surface area contributed by atoms with E-state index in [-0.39, 0.29) is 17.7 Å². The minimum atomic E-state index is -0.318. The summed E-state index contributed by atoms with van der Waals surface area (Å²) in [6.07, 6.45) is 1.56. The summed E-state index contributed by atoms with van der Waals surface area (Å²) in [5.41, 5.74) is 0.199. The van der Waals surface area contributed by atoms with Gasteiger partial charge in [0.25, 0.3) is 11.1 Å². The number of rotatable bonds is 2. The van der Waals surface area contributed by atoms with E-state index in [2.05, 4.69) is 10.1 Å². The van der Waals surface area contributed by atoms with E-state index in [1.54, 1.807) is 18.3 Å². The minimum absolute atomic E-state index is 0.263. The first-order valence-electron chi connectivity index (χ1n) is 4.56. The molecule has 1 N–H and O–H groups in total. The zero-order valence-corrected chi connectivity index (χ0v) is 8.94. The van der Waals surface area contributed by atoms with Gasteiger partial charge in [-0.25, -0.2) is 9.67 Å². The van der Waals surface area contributed by atoms with Crippen molar-refractivity contribution in [3.63, 3.8) is 0 Å². The van der Waals surface area contributed by atoms with Crippen LogP contribution in [0.5, 0.6) is 0 Å². The Morgan fingerprint density at radius 2 is 2.06 bits per heavy atom. The fourth-order valence-electron chi connectivity index (χ4n) is 1.26. The Balaban J connectivity index is 2.33. The van der Waals surface area contributed by atoms with E-state index in [9.17, 15) is 9.59 Å². The van der Waals surface area contributed by atoms with Crippen LogP contribution in [-0.2, 0) is 6.54 Å². The number of H-pyrrole nitrogens is 1. The first-order valence-corrected chi connectivity index (χ1v) is 4.93. The summed E-state index contributed by atoms with van der Waals surface area (Å²) in [4.78, 5) is 26.3. The Kier molecular flexibility index (Phi) is 2.87. The lowest BCUT2D eigenvalue weighted by atomic mass is 10.3. The molecule has 0 atom stereocenters. The van der Waals surface area contributed by atoms with Crippen molar-refractivity contribution in [3.8, 4) is 0 Å². The number of hydrogen-bond donors (Lipinski definition) is 1. The highest BCUT2D eigenvalue weighted by Gasteiger charge is 1.99. The standard InChI is InChI=1S/C10H8ClN3O2/c11-8-2-1-7(5-12-8)6-14-10(16)4-3-9(15)13-14/h1-5H,6H2,(H,13,15). The second-order valence-corrected chi connectivity index (χ2v) is 3.61. The summed E-state index contributed by atoms with van der Waals surface area (Å²) in [6.45, 7) is 0.263. The molecule has 0 unspecified atom stereocenters. The molecule has 0 aliphatic heterocycles. The van der Waals surface area contributed by atoms with Crippen molar-refractivity contribution in [1.82, 2.24) is 14.8 Å². The largest absolute Gasteiger partial charge is 0.268 e. The molecule has 0 spiro atoms. The van der Waals surface area contributed by atoms with E-state index in [0.717, 1.165) is 5.56 Å². The fourth-order valence-corrected chi connectivity index (χ4v) is 1.37. The topological polar surface area (TPSA) is 67.8 Å². The molecule has 2 heterocycles. The number of aromatic nitrogens is 3. The molecule has 2 aromatic rings. The number of pyridine rings is 1. The first kappa shape index (κ1) is 10.6. The summed E-state index contributed by atoms with van der Waals surface area (Å²) < 4.78 is 1.22. The lowest BCUT2D eigenvalue weighted by Gasteiger charge is -2.04. The van der Waals surface area contributed by atoms with Gasteiger partial charge in [0.05, 0.1) is 6.54 Å². The third kappa shape index (κ3) is 2.38. The molecule has 16 heavy (non-hydrogen) atoms. The monoisotopic (exact) mass is 237 g/mol. The van der Waals surface area contributed by atoms with Crippen molar-refractivity contribution in [1.29, 1.82) is 0 Å². The quantitative estimate of drug-likeness (QED) is 0.779. The number of nitrogens with zero attached hydrogens (tertiary/aromatic N) is 2. The van der Waals surface area contributed by atoms with Crippen molar-refractivity contribution in [2.75, 3.05) is 0 Å². The lowest BCUT2D eigenvalue weighted by molar-refractivity contribution is 0.626. The van der Waals surface area contributed by atoms with E-state index >= 15 is 0 Å². The molecule has 5 nitrogen and oxygen atoms in total. The van der Waals surface area contributed by atoms with Gasteiger partial charge in [-0.1, -0.05) is 17.7 Å². The maximum atomic E-state index is 11.4. The van der Waals surface area contributed by atoms with Crippen LogP contribution in [-0.4, -0.2) is 14.8 Å². The minimum Gasteiger partial charge on any atom is -0.268 e. The van der Waals surface area contributed by atoms with Crippen LogP contribution < -0.4 is 11.1 Å². The molecule has 0 aliphatic rings. The second kappa shape index (κ2) is 4.32. The summed E-state index contributed by atoms with van der Waals surface area (Å²) in [5.74, 6) is 0. The number of halogens is 1. The van der Waals surface area contributed by atoms with Crippen LogP contribution in [0.3, 0.4) is 0 Å². The van der Waals surface area contributed by atoms with Crippen LogP contribution in [0.1, 0.15) is 5.56 Å². The zero-order valence-electron chi connectivity index (χ0n) is 8.18. The zero-order chi connectivity index (χ0) is 11.5. The van der Waals surface area contributed by atoms with Crippen LogP contribution >= 0.6 is 11.6 Å². The molecule has 2 aromatic heterocycles. The van der Waals surface area contributed by atoms with E-state index in [4.69, 9.17) is 11.6 Å². The maximum absolute atomic E-state index is 11.4. The normalized spacial score (nSPS) is 10.3. The molecule has 6 heteroatoms. The van der Waals surface area contributed by atoms with Gasteiger partial charge in [-0.15, -0.1) is 0 Å². The van der Waals surface area contributed by atoms with E-state index in [0.29, 0.717) is 5.15 Å². The van der Waals surface area contributed by atoms with Gasteiger partial charge >= 0.3 is 0 Å². The van der Waals surface area contributed by atoms with Gasteiger partial charge in [-0.3, -0.25) is 14.7 Å². The Labute approximate surface area is 95.3 Å². The smallest absolute Gasteiger partial charge is 0.265 e. The van der Waals surface area contributed by atoms with Crippen LogP contribution in [0.15, 0.2) is 40.1 Å². The molecule has 0 radical (unpaired) electrons. The van der Waals surface area contributed by atoms with Gasteiger partial charge in [-0.05, 0) is 11.6 Å². The van der Waals surface area contributed by atoms with Gasteiger partial charge < -0.3 is 0 Å². The van der Waals surface area contributed by atoms with Gasteiger partial charge in [-0.2, -0.15) is 0 Å². The van der Waals surface area contributed by atoms with Crippen LogP contribution in [0, 0.1) is 0 Å². The van der Waals surface area contributed by atoms with Crippen molar-refractivity contribution in [3.05, 3.63) is 61.9 Å². The van der Waals surface area contributed by atoms with Gasteiger partial charge in [0, 0.05) is 18.3 Å². The summed E-state index contributed by atoms with van der Waals surface area (Å²) in [5, 5.41) is 2.81. The molecule has 0 saturated carbocycles. The SMILES string of the molecule is O=c1ccc(=O)n(Cc2ccc(Cl)nc2)[nH]1. The lowest BCUT2D eigenvalue weighted by Crippen LogP contribution is -2.28. The number of hydrogen-bond acceptors (Lipinski definition) is 3. The molecular formula is C10H8ClN3O2. The average molecular weight is 238 g/mol. The Morgan fingerprint density at radius 3 is 2.75 bits per heavy atom. The average Bonchev–Trinajstić information content (AvgIpc) is 2.27. The highest BCUT2D eigenvalue weighted by molar-refractivity contribution is 6.29. The third-order valence-electron chi connectivity index (χ3n) is 2.02. The van der Waals surface area contributed by atoms with Crippen LogP contribution in [0.25, 0.3) is 0 Å². The van der Waals surface area contributed by atoms with E-state index in [1.807, 2.05) is 0 Å². The Morgan fingerprint density at radius 1 is 1.25 bits per heavy atom. The molecule has 0 amide bonds. The molecule has 0 bridgehead atoms. The molecule has 0 aliphatic carbocycles. The summed E-state index contributed by atoms with van der Waals surface area (Å²) in [6, 6.07) is 5.79. The predicted molar refractivity (Wildman–Crippen MR) is 59.7 cm³/mol. The Bertz CT molecular complexity index is 600. The first-order chi connectivity index (χ1) is 7.65. The second-order valence-electron chi connectivity index (χ2n) is 3.22. The van der Waals surface area contributed by atoms with Gasteiger partial charge in [0.15, 0.2) is 0 Å². The van der Waals surface area contributed by atoms with Crippen LogP contribution in [0.4, 0.5) is 0 Å². The van der Waals surface area contributed by atoms with Crippen molar-refractivity contribution in [2.45, 2.75) is 6.54 Å². The molecule has 0 fully saturated rings. The molecule has 0 saturated heterocycles. The van der Waals surface area contributed by atoms with Crippen molar-refractivity contribution >= 4 is 11.6 Å². The maximum Gasteiger partial charge on any atom is 0.265 e. The number of aromatic amines is 1. The molecular weight excluding hydrogens is 230 g/mol. The van der Waals surface area contributed by atoms with E-state index in [1.165, 1.54) is 16.8 Å². The van der Waals surface area contributed by atoms with Crippen molar-refractivity contribution in [2.24, 2.45) is 0 Å². The van der Waals surface area contributed by atoms with Gasteiger partial charge in [0.1, 0.15) is 5.15 Å². The summed E-state index contributed by atoms with van der Waals surface area (Å²) >= 11 is 5.63. The Hall–Kier alpha value is -1.88. The predicted octanol–water partition coefficient (Wildman–Crippen LogP) is 0.633. The number of nitrogens with one attached hydrogen (secondary N) is 1. The molecule has 0 aromatic carbocycles. The molecule has 2 rings (SSSR count). The third-order valence-corrected chi connectivity index (χ3v) is 2.24. The summed E-state index contributed by atoms with van der Waals surface area (Å²) in [7, 11) is 0. The van der Waals surface area contributed by atoms with Gasteiger partial charge in [0.2, 0.25) is 0 Å². The van der Waals surface area contributed by atoms with Crippen LogP contribution in [0.2, 0.25) is 5.15 Å². The van der Waals surface area contributed by atoms with E-state index < -0.39 is 0 Å². The highest BCUT2D eigenvalue weighted by atomic mass is 35.5.